The highest BCUT2D eigenvalue weighted by Crippen LogP contribution is 2.46. The molecular weight excluding hydrogens is 546 g/mol. The topological polar surface area (TPSA) is 136 Å². The summed E-state index contributed by atoms with van der Waals surface area (Å²) >= 11 is 0. The molecule has 4 aliphatic rings. The summed E-state index contributed by atoms with van der Waals surface area (Å²) in [6, 6.07) is 3.75. The second kappa shape index (κ2) is 14.1. The van der Waals surface area contributed by atoms with Gasteiger partial charge in [-0.1, -0.05) is 11.8 Å². The number of ether oxygens (including phenoxy) is 1. The highest BCUT2D eigenvalue weighted by molar-refractivity contribution is 5.89. The van der Waals surface area contributed by atoms with Crippen LogP contribution in [0.3, 0.4) is 0 Å². The van der Waals surface area contributed by atoms with E-state index in [1.165, 1.54) is 7.11 Å². The van der Waals surface area contributed by atoms with Gasteiger partial charge in [0.2, 0.25) is 0 Å². The molecule has 8 unspecified atom stereocenters. The molecule has 1 saturated heterocycles. The molecule has 1 heterocycles. The van der Waals surface area contributed by atoms with Crippen LogP contribution in [0.2, 0.25) is 0 Å². The predicted molar refractivity (Wildman–Crippen MR) is 163 cm³/mol. The van der Waals surface area contributed by atoms with Gasteiger partial charge in [0.05, 0.1) is 13.2 Å². The van der Waals surface area contributed by atoms with Crippen molar-refractivity contribution in [3.63, 3.8) is 0 Å². The lowest BCUT2D eigenvalue weighted by atomic mass is 9.63. The van der Waals surface area contributed by atoms with E-state index in [1.54, 1.807) is 12.1 Å². The number of nitrogens with one attached hydrogen (secondary N) is 1. The molecule has 0 aromatic heterocycles. The Morgan fingerprint density at radius 1 is 1.12 bits per heavy atom. The number of phenols is 1. The summed E-state index contributed by atoms with van der Waals surface area (Å²) in [5, 5.41) is 45.3. The molecule has 3 aliphatic carbocycles. The van der Waals surface area contributed by atoms with Gasteiger partial charge < -0.3 is 30.5 Å². The molecule has 0 radical (unpaired) electrons. The quantitative estimate of drug-likeness (QED) is 0.273. The molecule has 0 bridgehead atoms. The second-order valence-electron chi connectivity index (χ2n) is 13.5. The molecule has 236 valence electrons. The Morgan fingerprint density at radius 3 is 2.70 bits per heavy atom. The molecule has 1 aromatic rings. The van der Waals surface area contributed by atoms with E-state index in [-0.39, 0.29) is 49.0 Å². The summed E-state index contributed by atoms with van der Waals surface area (Å²) in [6.45, 7) is 1.01. The van der Waals surface area contributed by atoms with Crippen LogP contribution in [0.15, 0.2) is 12.1 Å². The first-order valence-electron chi connectivity index (χ1n) is 16.4. The van der Waals surface area contributed by atoms with Crippen LogP contribution >= 0.6 is 0 Å². The van der Waals surface area contributed by atoms with E-state index in [0.717, 1.165) is 49.8 Å². The summed E-state index contributed by atoms with van der Waals surface area (Å²) in [6.07, 6.45) is 7.72. The van der Waals surface area contributed by atoms with Gasteiger partial charge in [0.1, 0.15) is 11.2 Å². The fraction of sp³-hybridized carbons (Fsp3) is 0.714. The Morgan fingerprint density at radius 2 is 1.95 bits per heavy atom. The fourth-order valence-electron chi connectivity index (χ4n) is 8.46. The molecular formula is C35H49NO7. The van der Waals surface area contributed by atoms with Crippen LogP contribution in [-0.2, 0) is 16.0 Å². The summed E-state index contributed by atoms with van der Waals surface area (Å²) in [5.74, 6) is 8.56. The second-order valence-corrected chi connectivity index (χ2v) is 13.5. The molecule has 8 nitrogen and oxygen atoms in total. The molecule has 0 amide bonds. The van der Waals surface area contributed by atoms with E-state index in [4.69, 9.17) is 4.74 Å². The monoisotopic (exact) mass is 595 g/mol. The highest BCUT2D eigenvalue weighted by Gasteiger charge is 2.48. The van der Waals surface area contributed by atoms with Crippen molar-refractivity contribution in [1.82, 2.24) is 5.32 Å². The average molecular weight is 596 g/mol. The van der Waals surface area contributed by atoms with Gasteiger partial charge in [0.25, 0.3) is 0 Å². The van der Waals surface area contributed by atoms with Gasteiger partial charge in [-0.2, -0.15) is 0 Å². The molecule has 5 N–H and O–H groups in total. The van der Waals surface area contributed by atoms with Crippen LogP contribution < -0.4 is 10.1 Å². The minimum atomic E-state index is -1.12. The first-order chi connectivity index (χ1) is 20.8. The van der Waals surface area contributed by atoms with Gasteiger partial charge >= 0.3 is 0 Å². The Hall–Kier alpha value is -2.44. The van der Waals surface area contributed by atoms with Crippen molar-refractivity contribution in [3.8, 4) is 23.3 Å². The van der Waals surface area contributed by atoms with Crippen LogP contribution in [-0.4, -0.2) is 71.0 Å². The number of hydrogen-bond acceptors (Lipinski definition) is 8. The first kappa shape index (κ1) is 32.0. The zero-order valence-electron chi connectivity index (χ0n) is 25.5. The van der Waals surface area contributed by atoms with E-state index < -0.39 is 11.5 Å². The minimum absolute atomic E-state index is 0.0229. The number of hydrogen-bond donors (Lipinski definition) is 5. The molecule has 5 rings (SSSR count). The van der Waals surface area contributed by atoms with Crippen molar-refractivity contribution >= 4 is 11.6 Å². The number of aliphatic hydroxyl groups excluding tert-OH is 3. The molecule has 8 atom stereocenters. The number of ketones is 2. The number of phenolic OH excluding ortho intramolecular Hbond substituents is 1. The van der Waals surface area contributed by atoms with Crippen LogP contribution in [0.1, 0.15) is 94.1 Å². The van der Waals surface area contributed by atoms with Crippen molar-refractivity contribution in [2.75, 3.05) is 26.9 Å². The normalized spacial score (nSPS) is 33.3. The Labute approximate surface area is 255 Å². The fourth-order valence-corrected chi connectivity index (χ4v) is 8.46. The van der Waals surface area contributed by atoms with Crippen molar-refractivity contribution < 1.29 is 34.8 Å². The van der Waals surface area contributed by atoms with E-state index in [9.17, 15) is 30.0 Å². The van der Waals surface area contributed by atoms with Crippen LogP contribution in [0.5, 0.6) is 11.5 Å². The van der Waals surface area contributed by atoms with E-state index in [2.05, 4.69) is 17.2 Å². The summed E-state index contributed by atoms with van der Waals surface area (Å²) in [7, 11) is 1.50. The lowest BCUT2D eigenvalue weighted by Crippen LogP contribution is -2.50. The van der Waals surface area contributed by atoms with E-state index >= 15 is 0 Å². The smallest absolute Gasteiger partial charge is 0.160 e. The maximum Gasteiger partial charge on any atom is 0.160 e. The molecule has 3 fully saturated rings. The van der Waals surface area contributed by atoms with Crippen molar-refractivity contribution in [2.45, 2.75) is 102 Å². The maximum absolute atomic E-state index is 13.8. The van der Waals surface area contributed by atoms with Crippen molar-refractivity contribution in [3.05, 3.63) is 23.3 Å². The number of aryl methyl sites for hydroxylation is 1. The standard InChI is InChI=1S/C35H49NO7/c1-43-32-18-25-5-7-33(41)35(12-9-23(3-2-13-37)29(25)20-31(32)40)11-8-22(16-34(35)42)15-24(10-14-38)27-17-26-4-6-28(39)19-30(26)36-21-27/h18,20,22-24,26-27,30,34,36-38,40,42H,2-8,10-11,13-17,19,21H2,1H3. The first-order valence-corrected chi connectivity index (χ1v) is 16.4. The third-order valence-electron chi connectivity index (χ3n) is 11.0. The number of aliphatic hydroxyl groups is 3. The zero-order chi connectivity index (χ0) is 30.6. The molecule has 2 saturated carbocycles. The van der Waals surface area contributed by atoms with Crippen molar-refractivity contribution in [1.29, 1.82) is 0 Å². The molecule has 8 heteroatoms. The number of methoxy groups -OCH3 is 1. The van der Waals surface area contributed by atoms with Gasteiger partial charge in [-0.3, -0.25) is 9.59 Å². The number of piperidine rings is 1. The van der Waals surface area contributed by atoms with Crippen molar-refractivity contribution in [2.24, 2.45) is 29.1 Å². The maximum atomic E-state index is 13.8. The number of carbonyl (C=O) groups excluding carboxylic acids is 2. The number of carbonyl (C=O) groups is 2. The minimum Gasteiger partial charge on any atom is -0.504 e. The van der Waals surface area contributed by atoms with Crippen LogP contribution in [0.4, 0.5) is 0 Å². The van der Waals surface area contributed by atoms with E-state index in [0.29, 0.717) is 74.2 Å². The lowest BCUT2D eigenvalue weighted by Gasteiger charge is -2.44. The predicted octanol–water partition coefficient (Wildman–Crippen LogP) is 3.66. The van der Waals surface area contributed by atoms with Gasteiger partial charge in [-0.15, -0.1) is 0 Å². The average Bonchev–Trinajstić information content (AvgIpc) is 3.05. The van der Waals surface area contributed by atoms with Gasteiger partial charge in [-0.05, 0) is 118 Å². The number of rotatable bonds is 9. The molecule has 1 spiro atoms. The number of Topliss-reactive ketones (excluding diaryl/α,β-unsaturated/α-hetero) is 2. The summed E-state index contributed by atoms with van der Waals surface area (Å²) in [4.78, 5) is 25.8. The zero-order valence-corrected chi connectivity index (χ0v) is 25.5. The summed E-state index contributed by atoms with van der Waals surface area (Å²) in [5.41, 5.74) is 0.630. The third kappa shape index (κ3) is 6.96. The third-order valence-corrected chi connectivity index (χ3v) is 11.0. The van der Waals surface area contributed by atoms with Gasteiger partial charge in [0, 0.05) is 44.4 Å². The Kier molecular flexibility index (Phi) is 10.5. The van der Waals surface area contributed by atoms with Gasteiger partial charge in [0.15, 0.2) is 17.3 Å². The van der Waals surface area contributed by atoms with Gasteiger partial charge in [-0.25, -0.2) is 0 Å². The number of aromatic hydroxyl groups is 1. The van der Waals surface area contributed by atoms with E-state index in [1.807, 2.05) is 0 Å². The number of benzene rings is 1. The summed E-state index contributed by atoms with van der Waals surface area (Å²) < 4.78 is 5.34. The highest BCUT2D eigenvalue weighted by atomic mass is 16.5. The molecule has 1 aliphatic heterocycles. The Bertz CT molecular complexity index is 1220. The Balaban J connectivity index is 1.31. The lowest BCUT2D eigenvalue weighted by molar-refractivity contribution is -0.134. The molecule has 43 heavy (non-hydrogen) atoms. The van der Waals surface area contributed by atoms with Crippen LogP contribution in [0.25, 0.3) is 0 Å². The molecule has 1 aromatic carbocycles. The number of fused-ring (bicyclic) bond motifs is 2. The van der Waals surface area contributed by atoms with Crippen LogP contribution in [0, 0.1) is 40.9 Å². The SMILES string of the molecule is COc1cc2c(cc1O)C(CCCO)C#CC1(CCC(CC(CCO)C3CNC4CC(=O)CCC4C3)CC1O)C(=O)CC2. The largest absolute Gasteiger partial charge is 0.504 e.